The van der Waals surface area contributed by atoms with Crippen LogP contribution in [0.5, 0.6) is 0 Å². The van der Waals surface area contributed by atoms with Crippen LogP contribution in [0.2, 0.25) is 0 Å². The zero-order valence-electron chi connectivity index (χ0n) is 42.3. The Labute approximate surface area is 427 Å². The van der Waals surface area contributed by atoms with Crippen molar-refractivity contribution in [3.63, 3.8) is 0 Å². The minimum absolute atomic E-state index is 0.0510. The van der Waals surface area contributed by atoms with Gasteiger partial charge in [-0.3, -0.25) is 57.5 Å². The highest BCUT2D eigenvalue weighted by Gasteiger charge is 2.36. The highest BCUT2D eigenvalue weighted by molar-refractivity contribution is 7.80. The van der Waals surface area contributed by atoms with Gasteiger partial charge in [0.05, 0.1) is 25.1 Å². The van der Waals surface area contributed by atoms with Gasteiger partial charge in [-0.05, 0) is 50.9 Å². The van der Waals surface area contributed by atoms with Crippen molar-refractivity contribution in [2.45, 2.75) is 167 Å². The van der Waals surface area contributed by atoms with Crippen molar-refractivity contribution < 1.29 is 82.8 Å². The summed E-state index contributed by atoms with van der Waals surface area (Å²) in [6.45, 7) is 11.8. The second-order valence-corrected chi connectivity index (χ2v) is 18.4. The second-order valence-electron chi connectivity index (χ2n) is 18.0. The Morgan fingerprint density at radius 3 is 1.51 bits per heavy atom. The third kappa shape index (κ3) is 25.1. The monoisotopic (exact) mass is 1060 g/mol. The van der Waals surface area contributed by atoms with Crippen molar-refractivity contribution in [2.75, 3.05) is 12.3 Å². The van der Waals surface area contributed by atoms with Gasteiger partial charge in [-0.2, -0.15) is 12.6 Å². The van der Waals surface area contributed by atoms with Crippen molar-refractivity contribution in [3.8, 4) is 0 Å². The average Bonchev–Trinajstić information content (AvgIpc) is 3.30. The number of aliphatic carboxylic acids is 3. The summed E-state index contributed by atoms with van der Waals surface area (Å²) in [5.74, 6) is -15.8. The molecule has 0 saturated heterocycles. The van der Waals surface area contributed by atoms with Crippen molar-refractivity contribution in [3.05, 3.63) is 0 Å². The first-order valence-corrected chi connectivity index (χ1v) is 24.2. The van der Waals surface area contributed by atoms with Gasteiger partial charge < -0.3 is 79.7 Å². The van der Waals surface area contributed by atoms with Crippen LogP contribution in [-0.2, 0) is 62.3 Å². The maximum atomic E-state index is 13.5. The summed E-state index contributed by atoms with van der Waals surface area (Å²) in [6, 6.07) is -13.4. The van der Waals surface area contributed by atoms with Crippen LogP contribution in [0, 0.1) is 17.8 Å². The average molecular weight is 1060 g/mol. The van der Waals surface area contributed by atoms with Gasteiger partial charge in [-0.25, -0.2) is 4.79 Å². The van der Waals surface area contributed by atoms with Gasteiger partial charge in [-0.1, -0.05) is 54.4 Å². The van der Waals surface area contributed by atoms with Gasteiger partial charge in [0.25, 0.3) is 0 Å². The molecule has 73 heavy (non-hydrogen) atoms. The summed E-state index contributed by atoms with van der Waals surface area (Å²) < 4.78 is 0. The number of thiol groups is 1. The normalized spacial score (nSPS) is 16.0. The number of carbonyl (C=O) groups is 13. The molecule has 0 aliphatic carbocycles. The lowest BCUT2D eigenvalue weighted by atomic mass is 9.96. The Kier molecular flexibility index (Phi) is 30.2. The fourth-order valence-electron chi connectivity index (χ4n) is 6.49. The van der Waals surface area contributed by atoms with Crippen LogP contribution in [0.1, 0.15) is 107 Å². The molecule has 0 aromatic rings. The molecule has 12 atom stereocenters. The predicted molar refractivity (Wildman–Crippen MR) is 261 cm³/mol. The molecule has 10 amide bonds. The Morgan fingerprint density at radius 2 is 1.01 bits per heavy atom. The van der Waals surface area contributed by atoms with E-state index in [2.05, 4.69) is 60.5 Å². The summed E-state index contributed by atoms with van der Waals surface area (Å²) in [4.78, 5) is 165. The summed E-state index contributed by atoms with van der Waals surface area (Å²) in [5, 5.41) is 59.1. The van der Waals surface area contributed by atoms with Gasteiger partial charge in [0.2, 0.25) is 59.1 Å². The van der Waals surface area contributed by atoms with Crippen LogP contribution in [0.4, 0.5) is 0 Å². The second kappa shape index (κ2) is 33.2. The van der Waals surface area contributed by atoms with Gasteiger partial charge in [-0.15, -0.1) is 0 Å². The van der Waals surface area contributed by atoms with Crippen LogP contribution in [-0.4, -0.2) is 170 Å². The van der Waals surface area contributed by atoms with E-state index < -0.39 is 188 Å². The lowest BCUT2D eigenvalue weighted by molar-refractivity contribution is -0.143. The number of carbonyl (C=O) groups excluding carboxylic acids is 10. The smallest absolute Gasteiger partial charge is 0.326 e. The molecule has 0 aliphatic heterocycles. The van der Waals surface area contributed by atoms with Crippen molar-refractivity contribution in [2.24, 2.45) is 29.2 Å². The van der Waals surface area contributed by atoms with Gasteiger partial charge in [0.15, 0.2) is 0 Å². The van der Waals surface area contributed by atoms with Crippen LogP contribution in [0.3, 0.4) is 0 Å². The first-order valence-electron chi connectivity index (χ1n) is 23.6. The molecule has 0 fully saturated rings. The molecule has 0 saturated carbocycles. The molecule has 0 aromatic carbocycles. The SMILES string of the molecule is CC[C@H](C)[C@H](N)C(=O)N[C@H](C(=O)N[C@H](C(=O)N[C@@H](C)C(=O)N[C@@H](CC(=O)O)C(=O)N[C@@H](CS)C(=O)NCC(=O)N[C@@H](CCC(N)=O)C(=O)N[C@@H](CC(C)C)C(=O)N[C@@H](CCC(=O)O)C(=O)O)[C@@H](C)CC)[C@@H](C)O. The molecule has 28 nitrogen and oxygen atoms in total. The van der Waals surface area contributed by atoms with E-state index in [1.807, 2.05) is 6.92 Å². The predicted octanol–water partition coefficient (Wildman–Crippen LogP) is -4.53. The third-order valence-corrected chi connectivity index (χ3v) is 11.7. The number of hydrogen-bond acceptors (Lipinski definition) is 16. The number of carboxylic acid groups (broad SMARTS) is 3. The molecule has 29 heteroatoms. The maximum absolute atomic E-state index is 13.5. The quantitative estimate of drug-likeness (QED) is 0.0266. The maximum Gasteiger partial charge on any atom is 0.326 e. The summed E-state index contributed by atoms with van der Waals surface area (Å²) in [7, 11) is 0. The van der Waals surface area contributed by atoms with Crippen molar-refractivity contribution in [1.82, 2.24) is 47.9 Å². The Morgan fingerprint density at radius 1 is 0.521 bits per heavy atom. The van der Waals surface area contributed by atoms with Gasteiger partial charge in [0.1, 0.15) is 48.3 Å². The topological polar surface area (TPSA) is 463 Å². The number of aliphatic hydroxyl groups excluding tert-OH is 1. The standard InChI is InChI=1S/C44H75N11O17S/c1-9-20(5)33(46)41(68)55-35(23(8)56)43(70)54-34(21(6)10-2)42(69)48-22(7)36(63)51-27(16-32(61)62)40(67)53-28(18-73)37(64)47-17-30(58)49-24(11-13-29(45)57)38(65)52-26(15-19(3)4)39(66)50-25(44(71)72)12-14-31(59)60/h19-28,33-35,56,73H,9-18,46H2,1-8H3,(H2,45,57)(H,47,64)(H,48,69)(H,49,58)(H,50,66)(H,51,63)(H,52,65)(H,53,67)(H,54,70)(H,55,68)(H,59,60)(H,61,62)(H,71,72)/t20-,21-,22-,23+,24-,25-,26-,27-,28-,33-,34-,35-/m0/s1. The molecule has 17 N–H and O–H groups in total. The number of nitrogens with two attached hydrogens (primary N) is 2. The van der Waals surface area contributed by atoms with Crippen molar-refractivity contribution >= 4 is 89.6 Å². The van der Waals surface area contributed by atoms with Crippen LogP contribution >= 0.6 is 12.6 Å². The lowest BCUT2D eigenvalue weighted by Gasteiger charge is -2.29. The zero-order chi connectivity index (χ0) is 56.4. The Balaban J connectivity index is 6.01. The highest BCUT2D eigenvalue weighted by atomic mass is 32.1. The first kappa shape index (κ1) is 66.4. The van der Waals surface area contributed by atoms with E-state index in [0.29, 0.717) is 12.8 Å². The molecule has 0 radical (unpaired) electrons. The highest BCUT2D eigenvalue weighted by Crippen LogP contribution is 2.12. The van der Waals surface area contributed by atoms with E-state index in [1.54, 1.807) is 34.6 Å². The molecular formula is C44H75N11O17S. The van der Waals surface area contributed by atoms with Crippen LogP contribution in [0.15, 0.2) is 0 Å². The van der Waals surface area contributed by atoms with Crippen molar-refractivity contribution in [1.29, 1.82) is 0 Å². The molecular weight excluding hydrogens is 987 g/mol. The number of aliphatic hydroxyl groups is 1. The minimum atomic E-state index is -1.86. The van der Waals surface area contributed by atoms with E-state index in [9.17, 15) is 77.6 Å². The number of amides is 10. The van der Waals surface area contributed by atoms with E-state index in [4.69, 9.17) is 16.6 Å². The van der Waals surface area contributed by atoms with E-state index in [0.717, 1.165) is 0 Å². The molecule has 0 unspecified atom stereocenters. The van der Waals surface area contributed by atoms with E-state index in [1.165, 1.54) is 13.8 Å². The van der Waals surface area contributed by atoms with Crippen LogP contribution in [0.25, 0.3) is 0 Å². The Hall–Kier alpha value is -6.62. The third-order valence-electron chi connectivity index (χ3n) is 11.4. The van der Waals surface area contributed by atoms with Gasteiger partial charge >= 0.3 is 17.9 Å². The first-order chi connectivity index (χ1) is 33.9. The molecule has 0 rings (SSSR count). The Bertz CT molecular complexity index is 1980. The van der Waals surface area contributed by atoms with Crippen LogP contribution < -0.4 is 59.3 Å². The van der Waals surface area contributed by atoms with E-state index >= 15 is 0 Å². The zero-order valence-corrected chi connectivity index (χ0v) is 43.2. The number of rotatable bonds is 35. The fourth-order valence-corrected chi connectivity index (χ4v) is 6.75. The largest absolute Gasteiger partial charge is 0.481 e. The number of carboxylic acids is 3. The molecule has 414 valence electrons. The molecule has 0 heterocycles. The number of nitrogens with one attached hydrogen (secondary N) is 9. The minimum Gasteiger partial charge on any atom is -0.481 e. The number of hydrogen-bond donors (Lipinski definition) is 16. The molecule has 0 bridgehead atoms. The van der Waals surface area contributed by atoms with Gasteiger partial charge in [0, 0.05) is 18.6 Å². The lowest BCUT2D eigenvalue weighted by Crippen LogP contribution is -2.62. The number of primary amides is 1. The van der Waals surface area contributed by atoms with E-state index in [-0.39, 0.29) is 18.3 Å². The molecule has 0 aromatic heterocycles. The summed E-state index contributed by atoms with van der Waals surface area (Å²) in [6.07, 6.45) is -3.56. The summed E-state index contributed by atoms with van der Waals surface area (Å²) >= 11 is 4.05. The summed E-state index contributed by atoms with van der Waals surface area (Å²) in [5.41, 5.74) is 11.2. The molecule has 0 aliphatic rings. The fraction of sp³-hybridized carbons (Fsp3) is 0.705. The molecule has 0 spiro atoms.